The molecule has 5 heteroatoms. The Morgan fingerprint density at radius 2 is 2.35 bits per heavy atom. The number of nitrogens with zero attached hydrogens (tertiary/aromatic N) is 1. The van der Waals surface area contributed by atoms with Crippen molar-refractivity contribution in [3.63, 3.8) is 0 Å². The third kappa shape index (κ3) is 2.92. The molecule has 0 spiro atoms. The number of hydrogen-bond acceptors (Lipinski definition) is 2. The van der Waals surface area contributed by atoms with E-state index in [1.165, 1.54) is 0 Å². The minimum absolute atomic E-state index is 0.0913. The van der Waals surface area contributed by atoms with Crippen LogP contribution in [0.2, 0.25) is 5.02 Å². The van der Waals surface area contributed by atoms with Gasteiger partial charge in [0.1, 0.15) is 0 Å². The van der Waals surface area contributed by atoms with Gasteiger partial charge in [0.2, 0.25) is 0 Å². The highest BCUT2D eigenvalue weighted by atomic mass is 127. The van der Waals surface area contributed by atoms with E-state index in [1.807, 2.05) is 11.0 Å². The minimum atomic E-state index is 0.0913. The maximum Gasteiger partial charge on any atom is 0.254 e. The first kappa shape index (κ1) is 13.1. The van der Waals surface area contributed by atoms with E-state index >= 15 is 0 Å². The van der Waals surface area contributed by atoms with Crippen LogP contribution in [0.4, 0.5) is 0 Å². The van der Waals surface area contributed by atoms with Crippen molar-refractivity contribution in [2.75, 3.05) is 19.6 Å². The van der Waals surface area contributed by atoms with Gasteiger partial charge in [0.25, 0.3) is 5.91 Å². The standard InChI is InChI=1S/C12H14ClIN2O/c1-8-7-15-4-5-16(8)12(17)9-2-3-10(13)11(14)6-9/h2-3,6,8,15H,4-5,7H2,1H3/t8-/m0/s1. The van der Waals surface area contributed by atoms with E-state index < -0.39 is 0 Å². The Morgan fingerprint density at radius 1 is 1.59 bits per heavy atom. The van der Waals surface area contributed by atoms with Crippen LogP contribution in [0.3, 0.4) is 0 Å². The maximum absolute atomic E-state index is 12.3. The highest BCUT2D eigenvalue weighted by Crippen LogP contribution is 2.21. The molecular formula is C12H14ClIN2O. The second-order valence-electron chi connectivity index (χ2n) is 4.18. The van der Waals surface area contributed by atoms with Crippen LogP contribution < -0.4 is 5.32 Å². The van der Waals surface area contributed by atoms with Crippen molar-refractivity contribution in [1.82, 2.24) is 10.2 Å². The van der Waals surface area contributed by atoms with Crippen molar-refractivity contribution < 1.29 is 4.79 Å². The number of nitrogens with one attached hydrogen (secondary N) is 1. The predicted octanol–water partition coefficient (Wildman–Crippen LogP) is 2.38. The van der Waals surface area contributed by atoms with E-state index in [-0.39, 0.29) is 11.9 Å². The summed E-state index contributed by atoms with van der Waals surface area (Å²) < 4.78 is 0.915. The first-order chi connectivity index (χ1) is 8.09. The van der Waals surface area contributed by atoms with Crippen LogP contribution in [0.15, 0.2) is 18.2 Å². The molecular weight excluding hydrogens is 351 g/mol. The lowest BCUT2D eigenvalue weighted by Crippen LogP contribution is -2.52. The Balaban J connectivity index is 2.21. The van der Waals surface area contributed by atoms with Gasteiger partial charge in [-0.05, 0) is 47.7 Å². The number of carbonyl (C=O) groups is 1. The molecule has 1 fully saturated rings. The Bertz CT molecular complexity index is 439. The molecule has 0 aromatic heterocycles. The van der Waals surface area contributed by atoms with Crippen LogP contribution in [-0.2, 0) is 0 Å². The number of piperazine rings is 1. The summed E-state index contributed by atoms with van der Waals surface area (Å²) in [4.78, 5) is 14.2. The lowest BCUT2D eigenvalue weighted by Gasteiger charge is -2.34. The fraction of sp³-hybridized carbons (Fsp3) is 0.417. The predicted molar refractivity (Wildman–Crippen MR) is 77.5 cm³/mol. The summed E-state index contributed by atoms with van der Waals surface area (Å²) in [5, 5.41) is 3.97. The number of hydrogen-bond donors (Lipinski definition) is 1. The number of rotatable bonds is 1. The van der Waals surface area contributed by atoms with E-state index in [0.29, 0.717) is 10.6 Å². The van der Waals surface area contributed by atoms with Gasteiger partial charge in [-0.25, -0.2) is 0 Å². The fourth-order valence-corrected chi connectivity index (χ4v) is 2.57. The molecule has 0 radical (unpaired) electrons. The molecule has 1 atom stereocenters. The zero-order chi connectivity index (χ0) is 12.4. The Labute approximate surface area is 120 Å². The minimum Gasteiger partial charge on any atom is -0.333 e. The summed E-state index contributed by atoms with van der Waals surface area (Å²) in [7, 11) is 0. The van der Waals surface area contributed by atoms with Gasteiger partial charge in [-0.2, -0.15) is 0 Å². The Morgan fingerprint density at radius 3 is 3.00 bits per heavy atom. The van der Waals surface area contributed by atoms with Gasteiger partial charge in [0, 0.05) is 34.8 Å². The highest BCUT2D eigenvalue weighted by Gasteiger charge is 2.24. The number of carbonyl (C=O) groups excluding carboxylic acids is 1. The highest BCUT2D eigenvalue weighted by molar-refractivity contribution is 14.1. The van der Waals surface area contributed by atoms with Crippen molar-refractivity contribution in [1.29, 1.82) is 0 Å². The van der Waals surface area contributed by atoms with Gasteiger partial charge >= 0.3 is 0 Å². The van der Waals surface area contributed by atoms with Crippen LogP contribution in [0, 0.1) is 3.57 Å². The average Bonchev–Trinajstić information content (AvgIpc) is 2.32. The largest absolute Gasteiger partial charge is 0.333 e. The van der Waals surface area contributed by atoms with Gasteiger partial charge in [-0.1, -0.05) is 11.6 Å². The summed E-state index contributed by atoms with van der Waals surface area (Å²) >= 11 is 8.10. The van der Waals surface area contributed by atoms with E-state index in [0.717, 1.165) is 23.2 Å². The first-order valence-electron chi connectivity index (χ1n) is 5.56. The zero-order valence-electron chi connectivity index (χ0n) is 9.54. The van der Waals surface area contributed by atoms with Crippen LogP contribution in [-0.4, -0.2) is 36.5 Å². The van der Waals surface area contributed by atoms with Gasteiger partial charge in [0.05, 0.1) is 5.02 Å². The van der Waals surface area contributed by atoms with Gasteiger partial charge in [-0.15, -0.1) is 0 Å². The van der Waals surface area contributed by atoms with Crippen molar-refractivity contribution >= 4 is 40.1 Å². The Kier molecular flexibility index (Phi) is 4.27. The SMILES string of the molecule is C[C@H]1CNCCN1C(=O)c1ccc(Cl)c(I)c1. The molecule has 2 rings (SSSR count). The molecule has 1 amide bonds. The van der Waals surface area contributed by atoms with Crippen molar-refractivity contribution in [3.8, 4) is 0 Å². The molecule has 17 heavy (non-hydrogen) atoms. The summed E-state index contributed by atoms with van der Waals surface area (Å²) in [6.07, 6.45) is 0. The van der Waals surface area contributed by atoms with E-state index in [1.54, 1.807) is 12.1 Å². The van der Waals surface area contributed by atoms with Crippen LogP contribution >= 0.6 is 34.2 Å². The topological polar surface area (TPSA) is 32.3 Å². The van der Waals surface area contributed by atoms with Crippen LogP contribution in [0.1, 0.15) is 17.3 Å². The summed E-state index contributed by atoms with van der Waals surface area (Å²) in [6.45, 7) is 4.54. The van der Waals surface area contributed by atoms with E-state index in [2.05, 4.69) is 34.8 Å². The molecule has 1 aliphatic rings. The van der Waals surface area contributed by atoms with Gasteiger partial charge in [-0.3, -0.25) is 4.79 Å². The monoisotopic (exact) mass is 364 g/mol. The molecule has 1 saturated heterocycles. The third-order valence-corrected chi connectivity index (χ3v) is 4.47. The summed E-state index contributed by atoms with van der Waals surface area (Å²) in [6, 6.07) is 5.66. The molecule has 1 aromatic rings. The van der Waals surface area contributed by atoms with Crippen LogP contribution in [0.25, 0.3) is 0 Å². The molecule has 0 aliphatic carbocycles. The van der Waals surface area contributed by atoms with Gasteiger partial charge in [0.15, 0.2) is 0 Å². The molecule has 0 bridgehead atoms. The van der Waals surface area contributed by atoms with Crippen molar-refractivity contribution in [2.24, 2.45) is 0 Å². The lowest BCUT2D eigenvalue weighted by atomic mass is 10.1. The second-order valence-corrected chi connectivity index (χ2v) is 5.75. The summed E-state index contributed by atoms with van der Waals surface area (Å²) in [5.74, 6) is 0.0913. The quantitative estimate of drug-likeness (QED) is 0.776. The Hall–Kier alpha value is -0.330. The number of amides is 1. The molecule has 0 saturated carbocycles. The second kappa shape index (κ2) is 5.54. The molecule has 1 aromatic carbocycles. The zero-order valence-corrected chi connectivity index (χ0v) is 12.5. The molecule has 1 aliphatic heterocycles. The van der Waals surface area contributed by atoms with E-state index in [9.17, 15) is 4.79 Å². The third-order valence-electron chi connectivity index (χ3n) is 2.93. The maximum atomic E-state index is 12.3. The van der Waals surface area contributed by atoms with Crippen molar-refractivity contribution in [3.05, 3.63) is 32.4 Å². The molecule has 0 unspecified atom stereocenters. The smallest absolute Gasteiger partial charge is 0.254 e. The summed E-state index contributed by atoms with van der Waals surface area (Å²) in [5.41, 5.74) is 0.715. The fourth-order valence-electron chi connectivity index (χ4n) is 1.94. The molecule has 1 heterocycles. The number of benzene rings is 1. The molecule has 92 valence electrons. The first-order valence-corrected chi connectivity index (χ1v) is 7.02. The van der Waals surface area contributed by atoms with Crippen LogP contribution in [0.5, 0.6) is 0 Å². The van der Waals surface area contributed by atoms with Crippen molar-refractivity contribution in [2.45, 2.75) is 13.0 Å². The molecule has 3 nitrogen and oxygen atoms in total. The average molecular weight is 365 g/mol. The lowest BCUT2D eigenvalue weighted by molar-refractivity contribution is 0.0655. The number of halogens is 2. The molecule has 1 N–H and O–H groups in total. The normalized spacial score (nSPS) is 20.4. The van der Waals surface area contributed by atoms with Gasteiger partial charge < -0.3 is 10.2 Å². The van der Waals surface area contributed by atoms with E-state index in [4.69, 9.17) is 11.6 Å².